The van der Waals surface area contributed by atoms with Gasteiger partial charge in [0.2, 0.25) is 15.9 Å². The summed E-state index contributed by atoms with van der Waals surface area (Å²) in [6.45, 7) is 8.26. The van der Waals surface area contributed by atoms with Crippen LogP contribution in [-0.2, 0) is 35.6 Å². The van der Waals surface area contributed by atoms with Gasteiger partial charge in [-0.25, -0.2) is 18.2 Å². The number of alkyl carbamates (subject to hydrolysis) is 1. The fourth-order valence-electron chi connectivity index (χ4n) is 7.34. The number of thioether (sulfide) groups is 1. The van der Waals surface area contributed by atoms with Gasteiger partial charge < -0.3 is 30.3 Å². The first-order chi connectivity index (χ1) is 25.6. The lowest BCUT2D eigenvalue weighted by Crippen LogP contribution is -2.58. The molecule has 3 fully saturated rings. The number of sulfonamides is 1. The van der Waals surface area contributed by atoms with E-state index in [4.69, 9.17) is 9.47 Å². The van der Waals surface area contributed by atoms with Crippen molar-refractivity contribution in [2.24, 2.45) is 11.3 Å². The number of rotatable bonds is 7. The highest BCUT2D eigenvalue weighted by atomic mass is 32.2. The molecule has 7 rings (SSSR count). The SMILES string of the molecule is CC(C)(C)COC(=O)N[C@H]1SCCCC/C=C\[C@@H]2C[C@@]2(C(=O)NS(=O)(=O)C2(C)CC2)NC(=O)[C@@H]2C[C@@H](Nc3nccc4c5c(ccc34)OCC5)CN2C1=O. The molecule has 16 heteroatoms. The minimum Gasteiger partial charge on any atom is -0.493 e. The first-order valence-electron chi connectivity index (χ1n) is 18.8. The van der Waals surface area contributed by atoms with Crippen LogP contribution >= 0.6 is 11.8 Å². The number of nitrogens with zero attached hydrogens (tertiary/aromatic N) is 2. The van der Waals surface area contributed by atoms with Crippen LogP contribution in [0.4, 0.5) is 10.6 Å². The Labute approximate surface area is 320 Å². The highest BCUT2D eigenvalue weighted by Crippen LogP contribution is 2.47. The zero-order chi connectivity index (χ0) is 38.5. The lowest BCUT2D eigenvalue weighted by atomic mass is 9.99. The maximum atomic E-state index is 14.5. The summed E-state index contributed by atoms with van der Waals surface area (Å²) in [5.74, 6) is -0.238. The predicted octanol–water partition coefficient (Wildman–Crippen LogP) is 4.00. The number of ether oxygens (including phenoxy) is 2. The van der Waals surface area contributed by atoms with Crippen LogP contribution in [0.2, 0.25) is 0 Å². The van der Waals surface area contributed by atoms with E-state index in [1.165, 1.54) is 16.7 Å². The number of carbonyl (C=O) groups is 4. The largest absolute Gasteiger partial charge is 0.493 e. The smallest absolute Gasteiger partial charge is 0.408 e. The van der Waals surface area contributed by atoms with Crippen molar-refractivity contribution in [3.63, 3.8) is 0 Å². The fourth-order valence-corrected chi connectivity index (χ4v) is 9.72. The first-order valence-corrected chi connectivity index (χ1v) is 21.3. The van der Waals surface area contributed by atoms with Crippen LogP contribution in [0.5, 0.6) is 5.75 Å². The van der Waals surface area contributed by atoms with Gasteiger partial charge in [-0.2, -0.15) is 0 Å². The van der Waals surface area contributed by atoms with E-state index in [1.54, 1.807) is 13.1 Å². The second-order valence-electron chi connectivity index (χ2n) is 16.6. The Hall–Kier alpha value is -4.05. The third-order valence-electron chi connectivity index (χ3n) is 11.0. The highest BCUT2D eigenvalue weighted by Gasteiger charge is 2.63. The van der Waals surface area contributed by atoms with Gasteiger partial charge in [0.05, 0.1) is 18.0 Å². The van der Waals surface area contributed by atoms with Crippen LogP contribution in [0.3, 0.4) is 0 Å². The lowest BCUT2D eigenvalue weighted by Gasteiger charge is -2.30. The first kappa shape index (κ1) is 38.2. The summed E-state index contributed by atoms with van der Waals surface area (Å²) in [6.07, 6.45) is 9.12. The fraction of sp³-hybridized carbons (Fsp3) is 0.605. The van der Waals surface area contributed by atoms with E-state index in [-0.39, 0.29) is 31.4 Å². The number of allylic oxidation sites excluding steroid dienone is 1. The number of amides is 4. The van der Waals surface area contributed by atoms with Crippen molar-refractivity contribution in [2.75, 3.05) is 30.8 Å². The van der Waals surface area contributed by atoms with Crippen LogP contribution in [-0.4, -0.2) is 95.4 Å². The van der Waals surface area contributed by atoms with Crippen molar-refractivity contribution >= 4 is 62.2 Å². The third-order valence-corrected chi connectivity index (χ3v) is 14.3. The van der Waals surface area contributed by atoms with Gasteiger partial charge in [-0.1, -0.05) is 32.9 Å². The number of carbonyl (C=O) groups excluding carboxylic acids is 4. The second-order valence-corrected chi connectivity index (χ2v) is 20.0. The van der Waals surface area contributed by atoms with Gasteiger partial charge in [-0.05, 0) is 86.6 Å². The van der Waals surface area contributed by atoms with Gasteiger partial charge >= 0.3 is 6.09 Å². The van der Waals surface area contributed by atoms with E-state index in [0.29, 0.717) is 37.4 Å². The predicted molar refractivity (Wildman–Crippen MR) is 205 cm³/mol. The van der Waals surface area contributed by atoms with Gasteiger partial charge in [-0.15, -0.1) is 11.8 Å². The summed E-state index contributed by atoms with van der Waals surface area (Å²) in [6, 6.07) is 4.34. The Balaban J connectivity index is 1.18. The quantitative estimate of drug-likeness (QED) is 0.298. The number of anilines is 1. The summed E-state index contributed by atoms with van der Waals surface area (Å²) < 4.78 is 38.8. The van der Waals surface area contributed by atoms with Crippen LogP contribution in [0, 0.1) is 11.3 Å². The van der Waals surface area contributed by atoms with E-state index in [0.717, 1.165) is 41.3 Å². The van der Waals surface area contributed by atoms with E-state index in [1.807, 2.05) is 51.1 Å². The molecule has 0 bridgehead atoms. The zero-order valence-electron chi connectivity index (χ0n) is 31.2. The van der Waals surface area contributed by atoms with E-state index in [9.17, 15) is 27.6 Å². The average Bonchev–Trinajstić information content (AvgIpc) is 3.89. The normalized spacial score (nSPS) is 28.6. The zero-order valence-corrected chi connectivity index (χ0v) is 32.9. The van der Waals surface area contributed by atoms with Crippen molar-refractivity contribution in [1.29, 1.82) is 0 Å². The highest BCUT2D eigenvalue weighted by molar-refractivity contribution is 8.00. The summed E-state index contributed by atoms with van der Waals surface area (Å²) >= 11 is 1.29. The number of nitrogens with one attached hydrogen (secondary N) is 4. The molecule has 0 radical (unpaired) electrons. The van der Waals surface area contributed by atoms with Crippen molar-refractivity contribution in [3.05, 3.63) is 42.1 Å². The van der Waals surface area contributed by atoms with Gasteiger partial charge in [0.1, 0.15) is 23.1 Å². The Morgan fingerprint density at radius 1 is 1.15 bits per heavy atom. The minimum absolute atomic E-state index is 0.105. The van der Waals surface area contributed by atoms with E-state index < -0.39 is 67.5 Å². The molecule has 0 spiro atoms. The minimum atomic E-state index is -3.97. The Morgan fingerprint density at radius 2 is 1.94 bits per heavy atom. The van der Waals surface area contributed by atoms with Crippen molar-refractivity contribution in [2.45, 2.75) is 107 Å². The molecule has 292 valence electrons. The Bertz CT molecular complexity index is 1980. The van der Waals surface area contributed by atoms with Gasteiger partial charge in [0.15, 0.2) is 5.37 Å². The Kier molecular flexibility index (Phi) is 10.3. The molecule has 2 aromatic rings. The Morgan fingerprint density at radius 3 is 2.70 bits per heavy atom. The number of hydrogen-bond donors (Lipinski definition) is 4. The summed E-state index contributed by atoms with van der Waals surface area (Å²) in [7, 11) is -3.97. The number of aromatic nitrogens is 1. The molecule has 14 nitrogen and oxygen atoms in total. The molecule has 3 aliphatic heterocycles. The van der Waals surface area contributed by atoms with E-state index in [2.05, 4.69) is 25.7 Å². The number of hydrogen-bond acceptors (Lipinski definition) is 11. The van der Waals surface area contributed by atoms with Gasteiger partial charge in [-0.3, -0.25) is 19.1 Å². The molecular weight excluding hydrogens is 733 g/mol. The standard InChI is InChI=1S/C38H50N6O8S2/c1-36(2,3)22-52-35(48)41-32-33(46)44-21-24(40-30-27-10-11-29-26(13-17-51-29)25(27)12-16-39-30)19-28(44)31(45)42-38(20-23(38)9-7-5-6-8-18-53-32)34(47)43-54(49,50)37(4)14-15-37/h7,9-12,16,23-24,28,32H,5-6,8,13-15,17-22H2,1-4H3,(H,39,40)(H,41,48)(H,42,45)(H,43,47)/b9-7-/t23-,24-,28+,32+,38-/m1/s1. The van der Waals surface area contributed by atoms with Gasteiger partial charge in [0.25, 0.3) is 11.8 Å². The molecule has 1 saturated heterocycles. The monoisotopic (exact) mass is 782 g/mol. The number of benzene rings is 1. The van der Waals surface area contributed by atoms with Crippen molar-refractivity contribution < 1.29 is 37.1 Å². The topological polar surface area (TPSA) is 185 Å². The van der Waals surface area contributed by atoms with Crippen LogP contribution in [0.25, 0.3) is 10.8 Å². The van der Waals surface area contributed by atoms with E-state index >= 15 is 0 Å². The molecule has 1 aromatic heterocycles. The molecular formula is C38H50N6O8S2. The number of pyridine rings is 1. The second kappa shape index (κ2) is 14.5. The van der Waals surface area contributed by atoms with Gasteiger partial charge in [0, 0.05) is 42.1 Å². The molecule has 1 aromatic carbocycles. The maximum Gasteiger partial charge on any atom is 0.408 e. The molecule has 5 aliphatic rings. The molecule has 54 heavy (non-hydrogen) atoms. The molecule has 0 unspecified atom stereocenters. The summed E-state index contributed by atoms with van der Waals surface area (Å²) in [5.41, 5.74) is -0.678. The van der Waals surface area contributed by atoms with Crippen LogP contribution in [0.1, 0.15) is 78.2 Å². The van der Waals surface area contributed by atoms with Crippen LogP contribution < -0.4 is 25.4 Å². The third kappa shape index (κ3) is 7.86. The lowest BCUT2D eigenvalue weighted by molar-refractivity contribution is -0.139. The van der Waals surface area contributed by atoms with Crippen molar-refractivity contribution in [1.82, 2.24) is 25.2 Å². The molecule has 4 N–H and O–H groups in total. The summed E-state index contributed by atoms with van der Waals surface area (Å²) in [5, 5.41) is 10.0. The maximum absolute atomic E-state index is 14.5. The molecule has 5 atom stereocenters. The average molecular weight is 783 g/mol. The molecule has 4 heterocycles. The molecule has 2 aliphatic carbocycles. The molecule has 4 amide bonds. The van der Waals surface area contributed by atoms with Crippen LogP contribution in [0.15, 0.2) is 36.5 Å². The number of fused-ring (bicyclic) bond motifs is 5. The van der Waals surface area contributed by atoms with Crippen molar-refractivity contribution in [3.8, 4) is 5.75 Å². The molecule has 2 saturated carbocycles. The summed E-state index contributed by atoms with van der Waals surface area (Å²) in [4.78, 5) is 61.9.